The quantitative estimate of drug-likeness (QED) is 0.156. The maximum atomic E-state index is 14.8. The molecule has 0 unspecified atom stereocenters. The average molecular weight is 784 g/mol. The van der Waals surface area contributed by atoms with E-state index in [2.05, 4.69) is 62.3 Å². The highest BCUT2D eigenvalue weighted by molar-refractivity contribution is 5.59. The highest BCUT2D eigenvalue weighted by Crippen LogP contribution is 2.43. The van der Waals surface area contributed by atoms with Gasteiger partial charge in [0.2, 0.25) is 0 Å². The SMILES string of the molecule is CCc1c(C)c(Cn2c(=O)n(Cc3c(C)c(O)c(C(C)(C)C)c(CC)c3C)c(=O)n(Cc3c(C)c(O)c(C(C)(C)C)c(CC)c3C)c2=O)c(C)c(O)c1C(C)(C)C. The average Bonchev–Trinajstić information content (AvgIpc) is 3.09. The third-order valence-electron chi connectivity index (χ3n) is 12.4. The molecule has 1 heterocycles. The van der Waals surface area contributed by atoms with Crippen molar-refractivity contribution in [2.75, 3.05) is 0 Å². The van der Waals surface area contributed by atoms with Gasteiger partial charge in [0.1, 0.15) is 17.2 Å². The second kappa shape index (κ2) is 15.7. The number of hydrogen-bond donors (Lipinski definition) is 3. The van der Waals surface area contributed by atoms with Gasteiger partial charge in [0, 0.05) is 16.7 Å². The normalized spacial score (nSPS) is 12.5. The first kappa shape index (κ1) is 45.2. The zero-order valence-electron chi connectivity index (χ0n) is 38.2. The van der Waals surface area contributed by atoms with Gasteiger partial charge in [0.05, 0.1) is 19.6 Å². The lowest BCUT2D eigenvalue weighted by Crippen LogP contribution is -2.55. The maximum Gasteiger partial charge on any atom is 0.336 e. The second-order valence-electron chi connectivity index (χ2n) is 19.2. The van der Waals surface area contributed by atoms with Gasteiger partial charge in [-0.05, 0) is 144 Å². The molecule has 1 aromatic heterocycles. The van der Waals surface area contributed by atoms with Gasteiger partial charge < -0.3 is 15.3 Å². The Morgan fingerprint density at radius 1 is 0.368 bits per heavy atom. The Balaban J connectivity index is 2.16. The Labute approximate surface area is 340 Å². The molecule has 4 aromatic rings. The van der Waals surface area contributed by atoms with E-state index in [9.17, 15) is 29.7 Å². The van der Waals surface area contributed by atoms with Crippen LogP contribution in [-0.4, -0.2) is 29.0 Å². The number of aromatic nitrogens is 3. The Bertz CT molecular complexity index is 2140. The molecule has 0 spiro atoms. The zero-order valence-corrected chi connectivity index (χ0v) is 38.2. The molecule has 312 valence electrons. The minimum Gasteiger partial charge on any atom is -0.507 e. The monoisotopic (exact) mass is 784 g/mol. The van der Waals surface area contributed by atoms with Gasteiger partial charge in [0.25, 0.3) is 0 Å². The Morgan fingerprint density at radius 2 is 0.561 bits per heavy atom. The Morgan fingerprint density at radius 3 is 0.719 bits per heavy atom. The molecule has 3 aromatic carbocycles. The molecule has 0 aliphatic heterocycles. The fraction of sp³-hybridized carbons (Fsp3) is 0.562. The fourth-order valence-electron chi connectivity index (χ4n) is 9.40. The lowest BCUT2D eigenvalue weighted by Gasteiger charge is -2.29. The van der Waals surface area contributed by atoms with E-state index < -0.39 is 17.1 Å². The third-order valence-corrected chi connectivity index (χ3v) is 12.4. The zero-order chi connectivity index (χ0) is 43.6. The van der Waals surface area contributed by atoms with E-state index in [1.165, 1.54) is 0 Å². The lowest BCUT2D eigenvalue weighted by molar-refractivity contribution is 0.435. The first-order chi connectivity index (χ1) is 26.1. The summed E-state index contributed by atoms with van der Waals surface area (Å²) in [6, 6.07) is 0. The molecule has 57 heavy (non-hydrogen) atoms. The van der Waals surface area contributed by atoms with Gasteiger partial charge in [-0.15, -0.1) is 0 Å². The summed E-state index contributed by atoms with van der Waals surface area (Å²) in [5.74, 6) is 0.423. The van der Waals surface area contributed by atoms with Crippen molar-refractivity contribution in [3.05, 3.63) is 115 Å². The summed E-state index contributed by atoms with van der Waals surface area (Å²) in [7, 11) is 0. The van der Waals surface area contributed by atoms with E-state index in [0.717, 1.165) is 63.8 Å². The number of rotatable bonds is 9. The van der Waals surface area contributed by atoms with Crippen LogP contribution in [0.4, 0.5) is 0 Å². The van der Waals surface area contributed by atoms with Crippen LogP contribution in [0.2, 0.25) is 0 Å². The first-order valence-corrected chi connectivity index (χ1v) is 20.6. The lowest BCUT2D eigenvalue weighted by atomic mass is 9.78. The minimum absolute atomic E-state index is 0.141. The van der Waals surface area contributed by atoms with Gasteiger partial charge in [-0.2, -0.15) is 0 Å². The van der Waals surface area contributed by atoms with Crippen LogP contribution in [-0.2, 0) is 55.1 Å². The van der Waals surface area contributed by atoms with Crippen molar-refractivity contribution in [1.29, 1.82) is 0 Å². The Kier molecular flexibility index (Phi) is 12.4. The maximum absolute atomic E-state index is 14.8. The molecule has 0 atom stereocenters. The largest absolute Gasteiger partial charge is 0.507 e. The molecule has 4 rings (SSSR count). The molecule has 0 radical (unpaired) electrons. The topological polar surface area (TPSA) is 127 Å². The highest BCUT2D eigenvalue weighted by Gasteiger charge is 2.31. The van der Waals surface area contributed by atoms with E-state index in [1.54, 1.807) is 0 Å². The summed E-state index contributed by atoms with van der Waals surface area (Å²) in [6.07, 6.45) is 1.91. The van der Waals surface area contributed by atoms with Crippen LogP contribution in [0, 0.1) is 41.5 Å². The van der Waals surface area contributed by atoms with Gasteiger partial charge in [-0.25, -0.2) is 28.1 Å². The van der Waals surface area contributed by atoms with E-state index >= 15 is 0 Å². The molecule has 9 nitrogen and oxygen atoms in total. The van der Waals surface area contributed by atoms with Crippen LogP contribution in [0.25, 0.3) is 0 Å². The van der Waals surface area contributed by atoms with E-state index in [0.29, 0.717) is 52.6 Å². The van der Waals surface area contributed by atoms with Crippen LogP contribution < -0.4 is 17.1 Å². The second-order valence-corrected chi connectivity index (χ2v) is 19.2. The van der Waals surface area contributed by atoms with Crippen molar-refractivity contribution in [2.45, 2.75) is 180 Å². The molecule has 0 amide bonds. The van der Waals surface area contributed by atoms with Crippen LogP contribution in [0.3, 0.4) is 0 Å². The summed E-state index contributed by atoms with van der Waals surface area (Å²) >= 11 is 0. The van der Waals surface area contributed by atoms with Crippen LogP contribution in [0.5, 0.6) is 17.2 Å². The molecule has 0 bridgehead atoms. The molecule has 9 heteroatoms. The van der Waals surface area contributed by atoms with Crippen molar-refractivity contribution >= 4 is 0 Å². The third kappa shape index (κ3) is 7.75. The number of benzene rings is 3. The molecule has 0 saturated heterocycles. The number of nitrogens with zero attached hydrogens (tertiary/aromatic N) is 3. The number of phenolic OH excluding ortho intramolecular Hbond substituents is 3. The number of phenols is 3. The fourth-order valence-corrected chi connectivity index (χ4v) is 9.40. The van der Waals surface area contributed by atoms with Gasteiger partial charge in [-0.3, -0.25) is 0 Å². The van der Waals surface area contributed by atoms with Crippen molar-refractivity contribution in [3.8, 4) is 17.2 Å². The Hall–Kier alpha value is -4.53. The first-order valence-electron chi connectivity index (χ1n) is 20.6. The van der Waals surface area contributed by atoms with E-state index in [4.69, 9.17) is 0 Å². The summed E-state index contributed by atoms with van der Waals surface area (Å²) < 4.78 is 3.32. The molecular weight excluding hydrogens is 715 g/mol. The highest BCUT2D eigenvalue weighted by atomic mass is 16.3. The summed E-state index contributed by atoms with van der Waals surface area (Å²) in [5, 5.41) is 35.0. The molecule has 0 aliphatic carbocycles. The standard InChI is InChI=1S/C48H69N3O6/c1-19-31-25(4)34(28(7)40(52)37(31)46(10,11)12)22-49-43(55)50(23-35-26(5)32(20-2)38(47(13,14)15)41(53)29(35)8)45(57)51(44(49)56)24-36-27(6)33(21-3)39(48(16,17)18)42(54)30(36)9/h52-54H,19-24H2,1-18H3. The summed E-state index contributed by atoms with van der Waals surface area (Å²) in [6.45, 7) is 35.4. The smallest absolute Gasteiger partial charge is 0.336 e. The molecule has 0 fully saturated rings. The molecular formula is C48H69N3O6. The van der Waals surface area contributed by atoms with Crippen LogP contribution in [0.15, 0.2) is 14.4 Å². The van der Waals surface area contributed by atoms with E-state index in [1.807, 2.05) is 62.3 Å². The molecule has 3 N–H and O–H groups in total. The van der Waals surface area contributed by atoms with Crippen molar-refractivity contribution in [1.82, 2.24) is 13.7 Å². The summed E-state index contributed by atoms with van der Waals surface area (Å²) in [5.41, 5.74) is 8.33. The van der Waals surface area contributed by atoms with Gasteiger partial charge >= 0.3 is 17.1 Å². The molecule has 0 aliphatic rings. The summed E-state index contributed by atoms with van der Waals surface area (Å²) in [4.78, 5) is 44.4. The van der Waals surface area contributed by atoms with Crippen molar-refractivity contribution in [2.24, 2.45) is 0 Å². The molecule has 0 saturated carbocycles. The van der Waals surface area contributed by atoms with Gasteiger partial charge in [-0.1, -0.05) is 83.1 Å². The van der Waals surface area contributed by atoms with Crippen LogP contribution in [0.1, 0.15) is 167 Å². The number of hydrogen-bond acceptors (Lipinski definition) is 6. The van der Waals surface area contributed by atoms with E-state index in [-0.39, 0.29) is 53.1 Å². The van der Waals surface area contributed by atoms with Crippen molar-refractivity contribution in [3.63, 3.8) is 0 Å². The number of aromatic hydroxyl groups is 3. The van der Waals surface area contributed by atoms with Crippen LogP contribution >= 0.6 is 0 Å². The minimum atomic E-state index is -0.776. The predicted octanol–water partition coefficient (Wildman–Crippen LogP) is 8.86. The predicted molar refractivity (Wildman–Crippen MR) is 234 cm³/mol. The van der Waals surface area contributed by atoms with Crippen molar-refractivity contribution < 1.29 is 15.3 Å². The van der Waals surface area contributed by atoms with Gasteiger partial charge in [0.15, 0.2) is 0 Å².